The second-order valence-corrected chi connectivity index (χ2v) is 5.14. The van der Waals surface area contributed by atoms with Gasteiger partial charge in [0.2, 0.25) is 0 Å². The molecule has 0 atom stereocenters. The van der Waals surface area contributed by atoms with E-state index in [1.807, 2.05) is 22.6 Å². The van der Waals surface area contributed by atoms with Crippen molar-refractivity contribution >= 4 is 45.8 Å². The normalized spacial score (nSPS) is 10.1. The number of carboxylic acids is 1. The van der Waals surface area contributed by atoms with Crippen molar-refractivity contribution in [3.8, 4) is 0 Å². The van der Waals surface area contributed by atoms with Crippen LogP contribution in [0.5, 0.6) is 0 Å². The summed E-state index contributed by atoms with van der Waals surface area (Å²) in [6, 6.07) is 7.86. The van der Waals surface area contributed by atoms with Gasteiger partial charge in [-0.2, -0.15) is 0 Å². The third-order valence-electron chi connectivity index (χ3n) is 2.51. The summed E-state index contributed by atoms with van der Waals surface area (Å²) in [5, 5.41) is 11.6. The average Bonchev–Trinajstić information content (AvgIpc) is 2.41. The smallest absolute Gasteiger partial charge is 0.337 e. The predicted molar refractivity (Wildman–Crippen MR) is 82.7 cm³/mol. The molecular weight excluding hydrogens is 373 g/mol. The summed E-state index contributed by atoms with van der Waals surface area (Å²) in [4.78, 5) is 27.1. The number of nitrogens with zero attached hydrogens (tertiary/aromatic N) is 1. The second-order valence-electron chi connectivity index (χ2n) is 3.89. The van der Waals surface area contributed by atoms with Gasteiger partial charge in [-0.3, -0.25) is 4.79 Å². The van der Waals surface area contributed by atoms with Crippen LogP contribution in [0.15, 0.2) is 36.5 Å². The number of hydrogen-bond acceptors (Lipinski definition) is 4. The van der Waals surface area contributed by atoms with Crippen molar-refractivity contribution in [3.63, 3.8) is 0 Å². The molecule has 1 aromatic carbocycles. The number of hydrogen-bond donors (Lipinski definition) is 3. The monoisotopic (exact) mass is 383 g/mol. The van der Waals surface area contributed by atoms with Crippen LogP contribution in [0, 0.1) is 3.57 Å². The van der Waals surface area contributed by atoms with Crippen molar-refractivity contribution in [3.05, 3.63) is 51.4 Å². The van der Waals surface area contributed by atoms with Crippen molar-refractivity contribution < 1.29 is 14.7 Å². The van der Waals surface area contributed by atoms with Gasteiger partial charge >= 0.3 is 5.97 Å². The number of halogens is 1. The van der Waals surface area contributed by atoms with Crippen LogP contribution in [0.4, 0.5) is 11.4 Å². The van der Waals surface area contributed by atoms with E-state index in [0.29, 0.717) is 0 Å². The molecule has 1 amide bonds. The molecule has 20 heavy (non-hydrogen) atoms. The Morgan fingerprint density at radius 2 is 2.05 bits per heavy atom. The Kier molecular flexibility index (Phi) is 4.18. The van der Waals surface area contributed by atoms with Crippen LogP contribution in [-0.2, 0) is 0 Å². The molecule has 7 heteroatoms. The standard InChI is InChI=1S/C13H10IN3O3/c14-7-3-4-10(8(6-7)13(19)20)17-12(18)11-9(15)2-1-5-16-11/h1-6H,15H2,(H,17,18)(H,19,20). The Hall–Kier alpha value is -2.16. The number of amides is 1. The van der Waals surface area contributed by atoms with E-state index < -0.39 is 11.9 Å². The molecule has 2 rings (SSSR count). The zero-order valence-electron chi connectivity index (χ0n) is 10.1. The SMILES string of the molecule is Nc1cccnc1C(=O)Nc1ccc(I)cc1C(=O)O. The topological polar surface area (TPSA) is 105 Å². The number of carbonyl (C=O) groups excluding carboxylic acids is 1. The molecule has 0 aliphatic heterocycles. The molecule has 0 radical (unpaired) electrons. The minimum atomic E-state index is -1.12. The van der Waals surface area contributed by atoms with Crippen LogP contribution in [0.1, 0.15) is 20.8 Å². The third kappa shape index (κ3) is 3.05. The van der Waals surface area contributed by atoms with Crippen LogP contribution >= 0.6 is 22.6 Å². The first kappa shape index (κ1) is 14.3. The Morgan fingerprint density at radius 3 is 2.70 bits per heavy atom. The maximum Gasteiger partial charge on any atom is 0.337 e. The molecule has 0 saturated carbocycles. The van der Waals surface area contributed by atoms with Gasteiger partial charge in [0.15, 0.2) is 5.69 Å². The first-order valence-electron chi connectivity index (χ1n) is 5.53. The summed E-state index contributed by atoms with van der Waals surface area (Å²) in [6.45, 7) is 0. The van der Waals surface area contributed by atoms with Crippen LogP contribution in [0.2, 0.25) is 0 Å². The molecule has 0 aliphatic carbocycles. The highest BCUT2D eigenvalue weighted by molar-refractivity contribution is 14.1. The fourth-order valence-electron chi connectivity index (χ4n) is 1.59. The first-order chi connectivity index (χ1) is 9.49. The molecule has 0 fully saturated rings. The lowest BCUT2D eigenvalue weighted by Gasteiger charge is -2.09. The summed E-state index contributed by atoms with van der Waals surface area (Å²) in [5.74, 6) is -1.67. The number of aromatic carboxylic acids is 1. The lowest BCUT2D eigenvalue weighted by Crippen LogP contribution is -2.17. The van der Waals surface area contributed by atoms with Gasteiger partial charge in [-0.05, 0) is 52.9 Å². The van der Waals surface area contributed by atoms with Crippen molar-refractivity contribution in [1.29, 1.82) is 0 Å². The van der Waals surface area contributed by atoms with Gasteiger partial charge in [-0.15, -0.1) is 0 Å². The molecule has 0 spiro atoms. The van der Waals surface area contributed by atoms with Gasteiger partial charge in [-0.1, -0.05) is 0 Å². The maximum absolute atomic E-state index is 12.0. The first-order valence-corrected chi connectivity index (χ1v) is 6.61. The molecule has 0 bridgehead atoms. The minimum absolute atomic E-state index is 0.0137. The molecule has 4 N–H and O–H groups in total. The van der Waals surface area contributed by atoms with Crippen molar-refractivity contribution in [1.82, 2.24) is 4.98 Å². The molecular formula is C13H10IN3O3. The van der Waals surface area contributed by atoms with E-state index in [9.17, 15) is 9.59 Å². The molecule has 102 valence electrons. The third-order valence-corrected chi connectivity index (χ3v) is 3.19. The van der Waals surface area contributed by atoms with E-state index in [-0.39, 0.29) is 22.6 Å². The van der Waals surface area contributed by atoms with Gasteiger partial charge < -0.3 is 16.2 Å². The average molecular weight is 383 g/mol. The molecule has 1 heterocycles. The molecule has 1 aromatic heterocycles. The van der Waals surface area contributed by atoms with Crippen molar-refractivity contribution in [2.75, 3.05) is 11.1 Å². The number of nitrogens with one attached hydrogen (secondary N) is 1. The number of rotatable bonds is 3. The number of pyridine rings is 1. The van der Waals surface area contributed by atoms with Crippen molar-refractivity contribution in [2.45, 2.75) is 0 Å². The van der Waals surface area contributed by atoms with Crippen molar-refractivity contribution in [2.24, 2.45) is 0 Å². The highest BCUT2D eigenvalue weighted by Crippen LogP contribution is 2.20. The molecule has 0 unspecified atom stereocenters. The van der Waals surface area contributed by atoms with E-state index >= 15 is 0 Å². The largest absolute Gasteiger partial charge is 0.478 e. The van der Waals surface area contributed by atoms with E-state index in [4.69, 9.17) is 10.8 Å². The van der Waals surface area contributed by atoms with Gasteiger partial charge in [0.05, 0.1) is 16.9 Å². The van der Waals surface area contributed by atoms with E-state index in [2.05, 4.69) is 10.3 Å². The van der Waals surface area contributed by atoms with Gasteiger partial charge in [0.1, 0.15) is 0 Å². The maximum atomic E-state index is 12.0. The Morgan fingerprint density at radius 1 is 1.30 bits per heavy atom. The van der Waals surface area contributed by atoms with Gasteiger partial charge in [0.25, 0.3) is 5.91 Å². The van der Waals surface area contributed by atoms with E-state index in [1.54, 1.807) is 18.2 Å². The molecule has 0 saturated heterocycles. The van der Waals surface area contributed by atoms with Gasteiger partial charge in [0, 0.05) is 9.77 Å². The number of benzene rings is 1. The van der Waals surface area contributed by atoms with Crippen LogP contribution in [0.3, 0.4) is 0 Å². The summed E-state index contributed by atoms with van der Waals surface area (Å²) in [7, 11) is 0. The van der Waals surface area contributed by atoms with Crippen LogP contribution < -0.4 is 11.1 Å². The molecule has 6 nitrogen and oxygen atoms in total. The minimum Gasteiger partial charge on any atom is -0.478 e. The zero-order chi connectivity index (χ0) is 14.7. The van der Waals surface area contributed by atoms with Crippen LogP contribution in [0.25, 0.3) is 0 Å². The lowest BCUT2D eigenvalue weighted by atomic mass is 10.1. The van der Waals surface area contributed by atoms with E-state index in [0.717, 1.165) is 3.57 Å². The van der Waals surface area contributed by atoms with E-state index in [1.165, 1.54) is 18.3 Å². The highest BCUT2D eigenvalue weighted by Gasteiger charge is 2.16. The fraction of sp³-hybridized carbons (Fsp3) is 0. The Balaban J connectivity index is 2.33. The summed E-state index contributed by atoms with van der Waals surface area (Å²) < 4.78 is 0.760. The molecule has 0 aliphatic rings. The second kappa shape index (κ2) is 5.87. The number of aromatic nitrogens is 1. The number of nitrogen functional groups attached to an aromatic ring is 1. The number of carboxylic acid groups (broad SMARTS) is 1. The van der Waals surface area contributed by atoms with Gasteiger partial charge in [-0.25, -0.2) is 9.78 Å². The number of nitrogens with two attached hydrogens (primary N) is 1. The molecule has 2 aromatic rings. The Bertz CT molecular complexity index is 688. The zero-order valence-corrected chi connectivity index (χ0v) is 12.3. The summed E-state index contributed by atoms with van der Waals surface area (Å²) >= 11 is 2.00. The number of anilines is 2. The quantitative estimate of drug-likeness (QED) is 0.705. The Labute approximate surface area is 128 Å². The summed E-state index contributed by atoms with van der Waals surface area (Å²) in [5.41, 5.74) is 6.16. The van der Waals surface area contributed by atoms with Crippen LogP contribution in [-0.4, -0.2) is 22.0 Å². The predicted octanol–water partition coefficient (Wildman–Crippen LogP) is 2.22. The highest BCUT2D eigenvalue weighted by atomic mass is 127. The summed E-state index contributed by atoms with van der Waals surface area (Å²) in [6.07, 6.45) is 1.44. The lowest BCUT2D eigenvalue weighted by molar-refractivity contribution is 0.0698. The fourth-order valence-corrected chi connectivity index (χ4v) is 2.08. The number of carbonyl (C=O) groups is 2.